The molecule has 0 aromatic heterocycles. The fourth-order valence-corrected chi connectivity index (χ4v) is 2.11. The van der Waals surface area contributed by atoms with E-state index in [-0.39, 0.29) is 6.42 Å². The van der Waals surface area contributed by atoms with Gasteiger partial charge in [0, 0.05) is 6.26 Å². The van der Waals surface area contributed by atoms with Gasteiger partial charge in [0.2, 0.25) is 0 Å². The highest BCUT2D eigenvalue weighted by Gasteiger charge is 2.28. The molecule has 1 rings (SSSR count). The van der Waals surface area contributed by atoms with E-state index in [1.807, 2.05) is 0 Å². The Labute approximate surface area is 88.5 Å². The summed E-state index contributed by atoms with van der Waals surface area (Å²) in [5.41, 5.74) is 0.704. The maximum absolute atomic E-state index is 11.2. The maximum atomic E-state index is 11.2. The predicted molar refractivity (Wildman–Crippen MR) is 56.4 cm³/mol. The van der Waals surface area contributed by atoms with Crippen LogP contribution in [-0.4, -0.2) is 31.0 Å². The van der Waals surface area contributed by atoms with E-state index in [9.17, 15) is 13.2 Å². The number of carbonyl (C=O) groups is 1. The molecular weight excluding hydrogens is 216 g/mol. The highest BCUT2D eigenvalue weighted by Crippen LogP contribution is 2.09. The third-order valence-corrected chi connectivity index (χ3v) is 3.46. The Hall–Kier alpha value is -1.36. The maximum Gasteiger partial charge on any atom is 0.322 e. The Morgan fingerprint density at radius 3 is 2.27 bits per heavy atom. The minimum Gasteiger partial charge on any atom is -0.480 e. The van der Waals surface area contributed by atoms with Crippen molar-refractivity contribution in [2.45, 2.75) is 11.7 Å². The van der Waals surface area contributed by atoms with Crippen molar-refractivity contribution in [1.29, 1.82) is 0 Å². The summed E-state index contributed by atoms with van der Waals surface area (Å²) < 4.78 is 22.4. The first-order chi connectivity index (χ1) is 6.91. The van der Waals surface area contributed by atoms with Crippen molar-refractivity contribution < 1.29 is 18.3 Å². The molecule has 0 unspecified atom stereocenters. The van der Waals surface area contributed by atoms with Crippen LogP contribution in [0.3, 0.4) is 0 Å². The standard InChI is InChI=1S/C10H12O4S/c1-15(13,14)9(10(11)12)7-8-5-3-2-4-6-8/h2-6,9H,7H2,1H3,(H,11,12)/t9-/m0/s1. The van der Waals surface area contributed by atoms with Crippen molar-refractivity contribution in [1.82, 2.24) is 0 Å². The first-order valence-electron chi connectivity index (χ1n) is 4.37. The lowest BCUT2D eigenvalue weighted by atomic mass is 10.1. The van der Waals surface area contributed by atoms with Gasteiger partial charge in [-0.1, -0.05) is 30.3 Å². The summed E-state index contributed by atoms with van der Waals surface area (Å²) in [6.45, 7) is 0. The predicted octanol–water partition coefficient (Wildman–Crippen LogP) is 0.727. The molecule has 0 fully saturated rings. The van der Waals surface area contributed by atoms with Crippen LogP contribution in [0.25, 0.3) is 0 Å². The number of hydrogen-bond donors (Lipinski definition) is 1. The fourth-order valence-electron chi connectivity index (χ4n) is 1.25. The average Bonchev–Trinajstić information content (AvgIpc) is 2.13. The van der Waals surface area contributed by atoms with Gasteiger partial charge in [-0.25, -0.2) is 8.42 Å². The number of sulfone groups is 1. The zero-order chi connectivity index (χ0) is 11.5. The van der Waals surface area contributed by atoms with Gasteiger partial charge in [0.25, 0.3) is 0 Å². The Kier molecular flexibility index (Phi) is 3.47. The smallest absolute Gasteiger partial charge is 0.322 e. The minimum atomic E-state index is -3.56. The van der Waals surface area contributed by atoms with E-state index in [1.54, 1.807) is 30.3 Å². The summed E-state index contributed by atoms with van der Waals surface area (Å²) >= 11 is 0. The van der Waals surface area contributed by atoms with Crippen molar-refractivity contribution in [3.8, 4) is 0 Å². The van der Waals surface area contributed by atoms with Gasteiger partial charge >= 0.3 is 5.97 Å². The molecule has 4 nitrogen and oxygen atoms in total. The summed E-state index contributed by atoms with van der Waals surface area (Å²) in [4.78, 5) is 10.8. The molecule has 5 heteroatoms. The van der Waals surface area contributed by atoms with Gasteiger partial charge in [0.1, 0.15) is 0 Å². The summed E-state index contributed by atoms with van der Waals surface area (Å²) in [6.07, 6.45) is 0.948. The van der Waals surface area contributed by atoms with Gasteiger partial charge in [-0.15, -0.1) is 0 Å². The first-order valence-corrected chi connectivity index (χ1v) is 6.32. The van der Waals surface area contributed by atoms with Crippen LogP contribution in [0, 0.1) is 0 Å². The van der Waals surface area contributed by atoms with E-state index >= 15 is 0 Å². The van der Waals surface area contributed by atoms with Crippen molar-refractivity contribution in [3.63, 3.8) is 0 Å². The summed E-state index contributed by atoms with van der Waals surface area (Å²) in [5, 5.41) is 7.43. The Balaban J connectivity index is 2.92. The molecule has 1 N–H and O–H groups in total. The van der Waals surface area contributed by atoms with Gasteiger partial charge < -0.3 is 5.11 Å². The number of rotatable bonds is 4. The van der Waals surface area contributed by atoms with E-state index in [0.717, 1.165) is 6.26 Å². The van der Waals surface area contributed by atoms with Crippen LogP contribution in [0.4, 0.5) is 0 Å². The quantitative estimate of drug-likeness (QED) is 0.824. The third kappa shape index (κ3) is 3.36. The van der Waals surface area contributed by atoms with Crippen LogP contribution < -0.4 is 0 Å². The van der Waals surface area contributed by atoms with Crippen LogP contribution in [0.2, 0.25) is 0 Å². The lowest BCUT2D eigenvalue weighted by Gasteiger charge is -2.09. The van der Waals surface area contributed by atoms with Gasteiger partial charge in [0.15, 0.2) is 15.1 Å². The molecule has 82 valence electrons. The largest absolute Gasteiger partial charge is 0.480 e. The van der Waals surface area contributed by atoms with Crippen molar-refractivity contribution in [2.75, 3.05) is 6.26 Å². The Morgan fingerprint density at radius 2 is 1.87 bits per heavy atom. The lowest BCUT2D eigenvalue weighted by molar-refractivity contribution is -0.136. The number of carboxylic acids is 1. The molecule has 0 bridgehead atoms. The van der Waals surface area contributed by atoms with E-state index in [1.165, 1.54) is 0 Å². The lowest BCUT2D eigenvalue weighted by Crippen LogP contribution is -2.31. The molecule has 0 spiro atoms. The van der Waals surface area contributed by atoms with Crippen molar-refractivity contribution >= 4 is 15.8 Å². The van der Waals surface area contributed by atoms with Crippen LogP contribution in [0.5, 0.6) is 0 Å². The second kappa shape index (κ2) is 4.44. The molecule has 1 atom stereocenters. The molecule has 0 heterocycles. The second-order valence-corrected chi connectivity index (χ2v) is 5.57. The highest BCUT2D eigenvalue weighted by molar-refractivity contribution is 7.92. The topological polar surface area (TPSA) is 71.4 Å². The van der Waals surface area contributed by atoms with Crippen LogP contribution in [-0.2, 0) is 21.1 Å². The molecule has 0 aliphatic carbocycles. The molecular formula is C10H12O4S. The molecule has 0 aliphatic heterocycles. The third-order valence-electron chi connectivity index (χ3n) is 2.06. The summed E-state index contributed by atoms with van der Waals surface area (Å²) in [6, 6.07) is 8.70. The molecule has 1 aromatic carbocycles. The Bertz CT molecular complexity index is 436. The number of hydrogen-bond acceptors (Lipinski definition) is 3. The first kappa shape index (κ1) is 11.7. The molecule has 1 aromatic rings. The van der Waals surface area contributed by atoms with E-state index in [4.69, 9.17) is 5.11 Å². The SMILES string of the molecule is CS(=O)(=O)[C@@H](Cc1ccccc1)C(=O)O. The van der Waals surface area contributed by atoms with Gasteiger partial charge in [0.05, 0.1) is 0 Å². The minimum absolute atomic E-state index is 0.00894. The van der Waals surface area contributed by atoms with Crippen LogP contribution in [0.15, 0.2) is 30.3 Å². The molecule has 0 saturated carbocycles. The van der Waals surface area contributed by atoms with E-state index in [0.29, 0.717) is 5.56 Å². The van der Waals surface area contributed by atoms with Gasteiger partial charge in [-0.2, -0.15) is 0 Å². The molecule has 0 saturated heterocycles. The second-order valence-electron chi connectivity index (χ2n) is 3.35. The summed E-state index contributed by atoms with van der Waals surface area (Å²) in [5.74, 6) is -1.30. The molecule has 0 aliphatic rings. The average molecular weight is 228 g/mol. The molecule has 0 radical (unpaired) electrons. The zero-order valence-electron chi connectivity index (χ0n) is 8.25. The van der Waals surface area contributed by atoms with E-state index < -0.39 is 21.1 Å². The van der Waals surface area contributed by atoms with Crippen LogP contribution >= 0.6 is 0 Å². The van der Waals surface area contributed by atoms with Crippen molar-refractivity contribution in [3.05, 3.63) is 35.9 Å². The van der Waals surface area contributed by atoms with Crippen LogP contribution in [0.1, 0.15) is 5.56 Å². The van der Waals surface area contributed by atoms with E-state index in [2.05, 4.69) is 0 Å². The number of carboxylic acid groups (broad SMARTS) is 1. The zero-order valence-corrected chi connectivity index (χ0v) is 9.07. The van der Waals surface area contributed by atoms with Gasteiger partial charge in [-0.3, -0.25) is 4.79 Å². The highest BCUT2D eigenvalue weighted by atomic mass is 32.2. The fraction of sp³-hybridized carbons (Fsp3) is 0.300. The number of aliphatic carboxylic acids is 1. The monoisotopic (exact) mass is 228 g/mol. The summed E-state index contributed by atoms with van der Waals surface area (Å²) in [7, 11) is -3.56. The van der Waals surface area contributed by atoms with Gasteiger partial charge in [-0.05, 0) is 12.0 Å². The van der Waals surface area contributed by atoms with Crippen molar-refractivity contribution in [2.24, 2.45) is 0 Å². The normalized spacial score (nSPS) is 13.4. The molecule has 0 amide bonds. The Morgan fingerprint density at radius 1 is 1.33 bits per heavy atom. The molecule has 15 heavy (non-hydrogen) atoms. The number of benzene rings is 1.